The van der Waals surface area contributed by atoms with Gasteiger partial charge in [0, 0.05) is 11.8 Å². The molecule has 0 aliphatic heterocycles. The summed E-state index contributed by atoms with van der Waals surface area (Å²) in [6.45, 7) is 3.73. The Balaban J connectivity index is 3.04. The first-order valence-electron chi connectivity index (χ1n) is 3.52. The number of aromatic nitrogens is 1. The second kappa shape index (κ2) is 4.12. The molecule has 0 aliphatic carbocycles. The van der Waals surface area contributed by atoms with Gasteiger partial charge in [0.05, 0.1) is 18.7 Å². The first kappa shape index (κ1) is 9.07. The van der Waals surface area contributed by atoms with Crippen molar-refractivity contribution in [3.05, 3.63) is 36.2 Å². The maximum atomic E-state index is 5.67. The van der Waals surface area contributed by atoms with E-state index in [-0.39, 0.29) is 0 Å². The zero-order valence-corrected chi connectivity index (χ0v) is 7.64. The monoisotopic (exact) mass is 183 g/mol. The van der Waals surface area contributed by atoms with Crippen LogP contribution < -0.4 is 0 Å². The van der Waals surface area contributed by atoms with Gasteiger partial charge in [-0.3, -0.25) is 4.98 Å². The van der Waals surface area contributed by atoms with E-state index in [4.69, 9.17) is 16.3 Å². The van der Waals surface area contributed by atoms with Crippen LogP contribution in [-0.4, -0.2) is 12.1 Å². The average molecular weight is 184 g/mol. The number of hydrogen-bond donors (Lipinski definition) is 0. The Morgan fingerprint density at radius 3 is 3.08 bits per heavy atom. The van der Waals surface area contributed by atoms with Crippen molar-refractivity contribution in [2.45, 2.75) is 5.88 Å². The highest BCUT2D eigenvalue weighted by Crippen LogP contribution is 2.17. The molecular formula is C9H10ClNO. The van der Waals surface area contributed by atoms with Gasteiger partial charge in [-0.15, -0.1) is 11.6 Å². The van der Waals surface area contributed by atoms with Gasteiger partial charge in [0.25, 0.3) is 0 Å². The van der Waals surface area contributed by atoms with Crippen molar-refractivity contribution in [2.24, 2.45) is 0 Å². The zero-order valence-electron chi connectivity index (χ0n) is 6.88. The normalized spacial score (nSPS) is 9.50. The van der Waals surface area contributed by atoms with E-state index in [1.807, 2.05) is 12.1 Å². The van der Waals surface area contributed by atoms with Crippen LogP contribution >= 0.6 is 11.6 Å². The van der Waals surface area contributed by atoms with Crippen LogP contribution in [0.3, 0.4) is 0 Å². The second-order valence-corrected chi connectivity index (χ2v) is 2.53. The summed E-state index contributed by atoms with van der Waals surface area (Å²) in [5, 5.41) is 0. The minimum Gasteiger partial charge on any atom is -0.497 e. The number of ether oxygens (including phenoxy) is 1. The molecule has 0 aliphatic rings. The van der Waals surface area contributed by atoms with Crippen LogP contribution in [0.1, 0.15) is 11.3 Å². The van der Waals surface area contributed by atoms with E-state index in [0.717, 1.165) is 11.3 Å². The van der Waals surface area contributed by atoms with Crippen LogP contribution in [0, 0.1) is 0 Å². The van der Waals surface area contributed by atoms with Gasteiger partial charge in [-0.05, 0) is 12.1 Å². The lowest BCUT2D eigenvalue weighted by atomic mass is 10.2. The van der Waals surface area contributed by atoms with Crippen molar-refractivity contribution in [1.82, 2.24) is 4.98 Å². The highest BCUT2D eigenvalue weighted by atomic mass is 35.5. The number of rotatable bonds is 3. The van der Waals surface area contributed by atoms with Gasteiger partial charge < -0.3 is 4.74 Å². The largest absolute Gasteiger partial charge is 0.497 e. The molecule has 0 amide bonds. The number of hydrogen-bond acceptors (Lipinski definition) is 2. The Morgan fingerprint density at radius 1 is 1.75 bits per heavy atom. The maximum Gasteiger partial charge on any atom is 0.120 e. The lowest BCUT2D eigenvalue weighted by Gasteiger charge is -2.06. The number of methoxy groups -OCH3 is 1. The van der Waals surface area contributed by atoms with Gasteiger partial charge in [-0.2, -0.15) is 0 Å². The summed E-state index contributed by atoms with van der Waals surface area (Å²) in [5.74, 6) is 0.970. The fraction of sp³-hybridized carbons (Fsp3) is 0.222. The molecule has 2 nitrogen and oxygen atoms in total. The highest BCUT2D eigenvalue weighted by Gasteiger charge is 2.04. The molecule has 0 aromatic carbocycles. The standard InChI is InChI=1S/C9H10ClNO/c1-7(12-2)8-4-3-5-11-9(8)6-10/h3-5H,1,6H2,2H3. The Labute approximate surface area is 76.8 Å². The molecule has 0 radical (unpaired) electrons. The summed E-state index contributed by atoms with van der Waals surface area (Å²) in [6, 6.07) is 3.71. The molecule has 0 saturated carbocycles. The Kier molecular flexibility index (Phi) is 3.11. The van der Waals surface area contributed by atoms with Crippen LogP contribution in [0.25, 0.3) is 5.76 Å². The van der Waals surface area contributed by atoms with Crippen LogP contribution in [0.5, 0.6) is 0 Å². The van der Waals surface area contributed by atoms with Gasteiger partial charge in [0.2, 0.25) is 0 Å². The van der Waals surface area contributed by atoms with Gasteiger partial charge in [0.1, 0.15) is 5.76 Å². The van der Waals surface area contributed by atoms with Crippen LogP contribution in [-0.2, 0) is 10.6 Å². The molecule has 0 unspecified atom stereocenters. The summed E-state index contributed by atoms with van der Waals surface area (Å²) in [7, 11) is 1.58. The first-order valence-corrected chi connectivity index (χ1v) is 4.06. The van der Waals surface area contributed by atoms with E-state index in [0.29, 0.717) is 11.6 Å². The molecule has 0 fully saturated rings. The number of nitrogens with zero attached hydrogens (tertiary/aromatic N) is 1. The fourth-order valence-corrected chi connectivity index (χ4v) is 1.12. The van der Waals surface area contributed by atoms with Crippen molar-refractivity contribution in [3.8, 4) is 0 Å². The molecule has 0 spiro atoms. The predicted octanol–water partition coefficient (Wildman–Crippen LogP) is 2.44. The SMILES string of the molecule is C=C(OC)c1cccnc1CCl. The molecule has 0 N–H and O–H groups in total. The van der Waals surface area contributed by atoms with Crippen LogP contribution in [0.15, 0.2) is 24.9 Å². The van der Waals surface area contributed by atoms with Crippen molar-refractivity contribution in [3.63, 3.8) is 0 Å². The lowest BCUT2D eigenvalue weighted by molar-refractivity contribution is 0.371. The molecule has 12 heavy (non-hydrogen) atoms. The fourth-order valence-electron chi connectivity index (χ4n) is 0.908. The summed E-state index contributed by atoms with van der Waals surface area (Å²) in [5.41, 5.74) is 1.67. The van der Waals surface area contributed by atoms with Crippen LogP contribution in [0.2, 0.25) is 0 Å². The number of pyridine rings is 1. The second-order valence-electron chi connectivity index (χ2n) is 2.26. The third-order valence-corrected chi connectivity index (χ3v) is 1.82. The van der Waals surface area contributed by atoms with Crippen molar-refractivity contribution >= 4 is 17.4 Å². The van der Waals surface area contributed by atoms with Crippen LogP contribution in [0.4, 0.5) is 0 Å². The lowest BCUT2D eigenvalue weighted by Crippen LogP contribution is -1.94. The molecule has 3 heteroatoms. The molecule has 1 aromatic rings. The molecule has 1 aromatic heterocycles. The van der Waals surface area contributed by atoms with E-state index in [9.17, 15) is 0 Å². The molecule has 1 heterocycles. The topological polar surface area (TPSA) is 22.1 Å². The summed E-state index contributed by atoms with van der Waals surface area (Å²) < 4.78 is 4.99. The third-order valence-electron chi connectivity index (χ3n) is 1.56. The van der Waals surface area contributed by atoms with E-state index in [1.54, 1.807) is 13.3 Å². The molecule has 0 atom stereocenters. The molecule has 1 rings (SSSR count). The van der Waals surface area contributed by atoms with Gasteiger partial charge >= 0.3 is 0 Å². The Hall–Kier alpha value is -1.02. The molecular weight excluding hydrogens is 174 g/mol. The van der Waals surface area contributed by atoms with Gasteiger partial charge in [-0.1, -0.05) is 6.58 Å². The van der Waals surface area contributed by atoms with E-state index in [1.165, 1.54) is 0 Å². The minimum absolute atomic E-state index is 0.374. The van der Waals surface area contributed by atoms with E-state index < -0.39 is 0 Å². The van der Waals surface area contributed by atoms with Gasteiger partial charge in [0.15, 0.2) is 0 Å². The summed E-state index contributed by atoms with van der Waals surface area (Å²) in [4.78, 5) is 4.09. The average Bonchev–Trinajstić information content (AvgIpc) is 2.16. The molecule has 0 bridgehead atoms. The Morgan fingerprint density at radius 2 is 2.50 bits per heavy atom. The Bertz CT molecular complexity index is 286. The van der Waals surface area contributed by atoms with Crippen molar-refractivity contribution < 1.29 is 4.74 Å². The van der Waals surface area contributed by atoms with Gasteiger partial charge in [-0.25, -0.2) is 0 Å². The third kappa shape index (κ3) is 1.77. The smallest absolute Gasteiger partial charge is 0.120 e. The summed E-state index contributed by atoms with van der Waals surface area (Å²) >= 11 is 5.67. The van der Waals surface area contributed by atoms with E-state index in [2.05, 4.69) is 11.6 Å². The highest BCUT2D eigenvalue weighted by molar-refractivity contribution is 6.17. The number of alkyl halides is 1. The summed E-state index contributed by atoms with van der Waals surface area (Å²) in [6.07, 6.45) is 1.70. The predicted molar refractivity (Wildman–Crippen MR) is 49.8 cm³/mol. The number of halogens is 1. The van der Waals surface area contributed by atoms with Crippen molar-refractivity contribution in [1.29, 1.82) is 0 Å². The first-order chi connectivity index (χ1) is 5.79. The zero-order chi connectivity index (χ0) is 8.97. The maximum absolute atomic E-state index is 5.67. The quantitative estimate of drug-likeness (QED) is 0.531. The van der Waals surface area contributed by atoms with Crippen molar-refractivity contribution in [2.75, 3.05) is 7.11 Å². The van der Waals surface area contributed by atoms with E-state index >= 15 is 0 Å². The molecule has 64 valence electrons. The molecule has 0 saturated heterocycles. The minimum atomic E-state index is 0.374.